The van der Waals surface area contributed by atoms with Crippen LogP contribution in [0.1, 0.15) is 23.3 Å². The highest BCUT2D eigenvalue weighted by molar-refractivity contribution is 9.10. The predicted octanol–water partition coefficient (Wildman–Crippen LogP) is 3.56. The maximum absolute atomic E-state index is 12.7. The van der Waals surface area contributed by atoms with Crippen molar-refractivity contribution in [1.29, 1.82) is 0 Å². The standard InChI is InChI=1S/C18H22BrN3O2/c1-3-7-21-9-5-13(6-10-21)20-18(23)15-11-16-14(12-17(19)24-16)22(15)8-4-2/h3-4,11-13H,1-2,5-10H2,(H,20,23). The number of fused-ring (bicyclic) bond motifs is 1. The van der Waals surface area contributed by atoms with Gasteiger partial charge in [0.15, 0.2) is 10.3 Å². The predicted molar refractivity (Wildman–Crippen MR) is 99.2 cm³/mol. The van der Waals surface area contributed by atoms with Crippen LogP contribution >= 0.6 is 15.9 Å². The summed E-state index contributed by atoms with van der Waals surface area (Å²) in [6.07, 6.45) is 5.63. The van der Waals surface area contributed by atoms with Gasteiger partial charge in [-0.2, -0.15) is 0 Å². The number of nitrogens with one attached hydrogen (secondary N) is 1. The lowest BCUT2D eigenvalue weighted by Crippen LogP contribution is -2.45. The number of halogens is 1. The topological polar surface area (TPSA) is 50.4 Å². The zero-order valence-electron chi connectivity index (χ0n) is 13.6. The van der Waals surface area contributed by atoms with Crippen LogP contribution in [-0.4, -0.2) is 41.1 Å². The first-order valence-electron chi connectivity index (χ1n) is 8.16. The largest absolute Gasteiger partial charge is 0.448 e. The maximum Gasteiger partial charge on any atom is 0.268 e. The van der Waals surface area contributed by atoms with Gasteiger partial charge in [-0.1, -0.05) is 12.2 Å². The Balaban J connectivity index is 1.72. The third kappa shape index (κ3) is 3.49. The van der Waals surface area contributed by atoms with Crippen LogP contribution in [0.25, 0.3) is 11.1 Å². The fraction of sp³-hybridized carbons (Fsp3) is 0.389. The van der Waals surface area contributed by atoms with Crippen LogP contribution in [0, 0.1) is 0 Å². The zero-order valence-corrected chi connectivity index (χ0v) is 15.2. The summed E-state index contributed by atoms with van der Waals surface area (Å²) in [5.41, 5.74) is 2.21. The molecule has 2 aromatic rings. The van der Waals surface area contributed by atoms with Gasteiger partial charge in [0.2, 0.25) is 0 Å². The third-order valence-electron chi connectivity index (χ3n) is 4.41. The van der Waals surface area contributed by atoms with E-state index in [0.717, 1.165) is 38.0 Å². The quantitative estimate of drug-likeness (QED) is 0.765. The molecule has 0 atom stereocenters. The SMILES string of the molecule is C=CCN1CCC(NC(=O)c2cc3oc(Br)cc3n2CC=C)CC1. The Morgan fingerprint density at radius 1 is 1.29 bits per heavy atom. The molecule has 5 nitrogen and oxygen atoms in total. The lowest BCUT2D eigenvalue weighted by Gasteiger charge is -2.31. The van der Waals surface area contributed by atoms with Crippen LogP contribution in [0.2, 0.25) is 0 Å². The van der Waals surface area contributed by atoms with Crippen molar-refractivity contribution in [2.24, 2.45) is 0 Å². The molecule has 1 amide bonds. The second-order valence-electron chi connectivity index (χ2n) is 6.07. The molecule has 6 heteroatoms. The first-order chi connectivity index (χ1) is 11.6. The van der Waals surface area contributed by atoms with Crippen molar-refractivity contribution in [2.75, 3.05) is 19.6 Å². The Morgan fingerprint density at radius 3 is 2.67 bits per heavy atom. The Bertz CT molecular complexity index is 754. The van der Waals surface area contributed by atoms with E-state index in [-0.39, 0.29) is 11.9 Å². The van der Waals surface area contributed by atoms with E-state index in [1.807, 2.05) is 16.7 Å². The van der Waals surface area contributed by atoms with Gasteiger partial charge >= 0.3 is 0 Å². The Hall–Kier alpha value is -1.79. The summed E-state index contributed by atoms with van der Waals surface area (Å²) in [6, 6.07) is 3.89. The number of amides is 1. The number of piperidine rings is 1. The van der Waals surface area contributed by atoms with Crippen LogP contribution in [0.4, 0.5) is 0 Å². The van der Waals surface area contributed by atoms with Crippen molar-refractivity contribution in [3.63, 3.8) is 0 Å². The molecule has 24 heavy (non-hydrogen) atoms. The molecule has 2 aromatic heterocycles. The zero-order chi connectivity index (χ0) is 17.1. The summed E-state index contributed by atoms with van der Waals surface area (Å²) < 4.78 is 8.17. The molecule has 0 unspecified atom stereocenters. The highest BCUT2D eigenvalue weighted by atomic mass is 79.9. The molecule has 0 saturated carbocycles. The van der Waals surface area contributed by atoms with Gasteiger partial charge in [0.25, 0.3) is 5.91 Å². The fourth-order valence-electron chi connectivity index (χ4n) is 3.23. The molecule has 128 valence electrons. The molecule has 3 heterocycles. The Morgan fingerprint density at radius 2 is 2.00 bits per heavy atom. The second kappa shape index (κ2) is 7.40. The van der Waals surface area contributed by atoms with Gasteiger partial charge in [-0.15, -0.1) is 13.2 Å². The monoisotopic (exact) mass is 391 g/mol. The van der Waals surface area contributed by atoms with Crippen LogP contribution < -0.4 is 5.32 Å². The summed E-state index contributed by atoms with van der Waals surface area (Å²) in [7, 11) is 0. The number of carbonyl (C=O) groups is 1. The highest BCUT2D eigenvalue weighted by Crippen LogP contribution is 2.27. The van der Waals surface area contributed by atoms with Crippen molar-refractivity contribution < 1.29 is 9.21 Å². The number of carbonyl (C=O) groups excluding carboxylic acids is 1. The molecule has 0 spiro atoms. The normalized spacial score (nSPS) is 16.4. The number of aromatic nitrogens is 1. The molecule has 0 aliphatic carbocycles. The number of hydrogen-bond donors (Lipinski definition) is 1. The molecule has 1 aliphatic rings. The minimum Gasteiger partial charge on any atom is -0.448 e. The van der Waals surface area contributed by atoms with Gasteiger partial charge in [-0.25, -0.2) is 0 Å². The molecule has 0 bridgehead atoms. The maximum atomic E-state index is 12.7. The summed E-state index contributed by atoms with van der Waals surface area (Å²) in [5, 5.41) is 3.16. The van der Waals surface area contributed by atoms with Crippen LogP contribution in [0.15, 0.2) is 46.5 Å². The second-order valence-corrected chi connectivity index (χ2v) is 6.85. The van der Waals surface area contributed by atoms with Gasteiger partial charge in [-0.05, 0) is 28.8 Å². The first kappa shape index (κ1) is 17.0. The van der Waals surface area contributed by atoms with Gasteiger partial charge in [0, 0.05) is 44.4 Å². The number of allylic oxidation sites excluding steroid dienone is 1. The van der Waals surface area contributed by atoms with Crippen molar-refractivity contribution in [3.05, 3.63) is 47.8 Å². The molecular formula is C18H22BrN3O2. The summed E-state index contributed by atoms with van der Waals surface area (Å²) in [6.45, 7) is 11.0. The summed E-state index contributed by atoms with van der Waals surface area (Å²) >= 11 is 3.33. The molecule has 0 aromatic carbocycles. The van der Waals surface area contributed by atoms with Gasteiger partial charge < -0.3 is 14.3 Å². The third-order valence-corrected chi connectivity index (χ3v) is 4.80. The number of furan rings is 1. The molecule has 3 rings (SSSR count). The van der Waals surface area contributed by atoms with Crippen LogP contribution in [-0.2, 0) is 6.54 Å². The lowest BCUT2D eigenvalue weighted by molar-refractivity contribution is 0.0905. The van der Waals surface area contributed by atoms with E-state index in [0.29, 0.717) is 22.5 Å². The van der Waals surface area contributed by atoms with E-state index < -0.39 is 0 Å². The number of hydrogen-bond acceptors (Lipinski definition) is 3. The molecule has 1 N–H and O–H groups in total. The Kier molecular flexibility index (Phi) is 5.26. The molecule has 1 aliphatic heterocycles. The highest BCUT2D eigenvalue weighted by Gasteiger charge is 2.23. The summed E-state index contributed by atoms with van der Waals surface area (Å²) in [5.74, 6) is -0.0541. The van der Waals surface area contributed by atoms with E-state index in [1.54, 1.807) is 12.1 Å². The lowest BCUT2D eigenvalue weighted by atomic mass is 10.0. The van der Waals surface area contributed by atoms with E-state index in [4.69, 9.17) is 4.42 Å². The van der Waals surface area contributed by atoms with Crippen LogP contribution in [0.3, 0.4) is 0 Å². The van der Waals surface area contributed by atoms with E-state index in [2.05, 4.69) is 39.3 Å². The Labute approximate surface area is 150 Å². The molecule has 0 radical (unpaired) electrons. The van der Waals surface area contributed by atoms with Gasteiger partial charge in [0.1, 0.15) is 5.69 Å². The van der Waals surface area contributed by atoms with Crippen LogP contribution in [0.5, 0.6) is 0 Å². The molecule has 1 saturated heterocycles. The van der Waals surface area contributed by atoms with Crippen molar-refractivity contribution >= 4 is 32.9 Å². The smallest absolute Gasteiger partial charge is 0.268 e. The first-order valence-corrected chi connectivity index (χ1v) is 8.95. The van der Waals surface area contributed by atoms with Crippen molar-refractivity contribution in [2.45, 2.75) is 25.4 Å². The van der Waals surface area contributed by atoms with Crippen molar-refractivity contribution in [3.8, 4) is 0 Å². The van der Waals surface area contributed by atoms with E-state index in [1.165, 1.54) is 0 Å². The minimum absolute atomic E-state index is 0.0541. The van der Waals surface area contributed by atoms with Crippen molar-refractivity contribution in [1.82, 2.24) is 14.8 Å². The van der Waals surface area contributed by atoms with E-state index in [9.17, 15) is 4.79 Å². The average molecular weight is 392 g/mol. The minimum atomic E-state index is -0.0541. The van der Waals surface area contributed by atoms with Gasteiger partial charge in [-0.3, -0.25) is 9.69 Å². The number of likely N-dealkylation sites (tertiary alicyclic amines) is 1. The molecule has 1 fully saturated rings. The number of rotatable bonds is 6. The van der Waals surface area contributed by atoms with Gasteiger partial charge in [0.05, 0.1) is 5.52 Å². The average Bonchev–Trinajstić information content (AvgIpc) is 3.07. The van der Waals surface area contributed by atoms with E-state index >= 15 is 0 Å². The number of nitrogens with zero attached hydrogens (tertiary/aromatic N) is 2. The summed E-state index contributed by atoms with van der Waals surface area (Å²) in [4.78, 5) is 15.1. The fourth-order valence-corrected chi connectivity index (χ4v) is 3.62. The molecular weight excluding hydrogens is 370 g/mol.